The molecule has 3 nitrogen and oxygen atoms in total. The van der Waals surface area contributed by atoms with Gasteiger partial charge in [-0.3, -0.25) is 5.43 Å². The number of rotatable bonds is 3. The third-order valence-corrected chi connectivity index (χ3v) is 2.84. The highest BCUT2D eigenvalue weighted by Gasteiger charge is 1.96. The lowest BCUT2D eigenvalue weighted by Gasteiger charge is -2.06. The second-order valence-corrected chi connectivity index (χ2v) is 4.53. The van der Waals surface area contributed by atoms with Gasteiger partial charge in [0, 0.05) is 16.3 Å². The van der Waals surface area contributed by atoms with E-state index in [1.807, 2.05) is 54.6 Å². The van der Waals surface area contributed by atoms with Gasteiger partial charge in [-0.05, 0) is 30.4 Å². The summed E-state index contributed by atoms with van der Waals surface area (Å²) >= 11 is 11.1. The molecule has 0 saturated heterocycles. The summed E-state index contributed by atoms with van der Waals surface area (Å²) in [6, 6.07) is 17.1. The first kappa shape index (κ1) is 13.5. The van der Waals surface area contributed by atoms with Crippen molar-refractivity contribution in [2.24, 2.45) is 5.10 Å². The van der Waals surface area contributed by atoms with E-state index in [1.165, 1.54) is 0 Å². The average molecular weight is 290 g/mol. The minimum absolute atomic E-state index is 0.425. The molecule has 0 aliphatic rings. The SMILES string of the molecule is S=C(NN=Cc1ccccc1Cl)Nc1ccccc1. The van der Waals surface area contributed by atoms with Gasteiger partial charge in [0.1, 0.15) is 0 Å². The number of benzene rings is 2. The molecular formula is C14H12ClN3S. The Balaban J connectivity index is 1.89. The molecule has 0 aliphatic carbocycles. The van der Waals surface area contributed by atoms with Crippen molar-refractivity contribution < 1.29 is 0 Å². The zero-order valence-electron chi connectivity index (χ0n) is 10.0. The molecule has 0 amide bonds. The maximum atomic E-state index is 6.00. The highest BCUT2D eigenvalue weighted by Crippen LogP contribution is 2.12. The molecule has 5 heteroatoms. The van der Waals surface area contributed by atoms with Gasteiger partial charge in [-0.2, -0.15) is 5.10 Å². The van der Waals surface area contributed by atoms with Gasteiger partial charge in [0.25, 0.3) is 0 Å². The fraction of sp³-hybridized carbons (Fsp3) is 0. The molecule has 0 saturated carbocycles. The smallest absolute Gasteiger partial charge is 0.191 e. The molecule has 0 aromatic heterocycles. The van der Waals surface area contributed by atoms with Crippen molar-refractivity contribution in [2.75, 3.05) is 5.32 Å². The number of nitrogens with one attached hydrogen (secondary N) is 2. The van der Waals surface area contributed by atoms with Gasteiger partial charge in [-0.25, -0.2) is 0 Å². The normalized spacial score (nSPS) is 10.4. The van der Waals surface area contributed by atoms with Crippen molar-refractivity contribution in [3.05, 3.63) is 65.2 Å². The Labute approximate surface area is 122 Å². The summed E-state index contributed by atoms with van der Waals surface area (Å²) in [4.78, 5) is 0. The Morgan fingerprint density at radius 1 is 1.05 bits per heavy atom. The Hall–Kier alpha value is -1.91. The van der Waals surface area contributed by atoms with Crippen molar-refractivity contribution in [1.82, 2.24) is 5.43 Å². The second-order valence-electron chi connectivity index (χ2n) is 3.71. The van der Waals surface area contributed by atoms with Crippen molar-refractivity contribution in [3.63, 3.8) is 0 Å². The van der Waals surface area contributed by atoms with Crippen LogP contribution in [0.4, 0.5) is 5.69 Å². The minimum atomic E-state index is 0.425. The van der Waals surface area contributed by atoms with Gasteiger partial charge in [-0.1, -0.05) is 48.0 Å². The van der Waals surface area contributed by atoms with E-state index in [9.17, 15) is 0 Å². The van der Waals surface area contributed by atoms with Crippen LogP contribution in [0.25, 0.3) is 0 Å². The summed E-state index contributed by atoms with van der Waals surface area (Å²) in [6.07, 6.45) is 1.63. The number of hydrogen-bond acceptors (Lipinski definition) is 2. The molecule has 0 aliphatic heterocycles. The quantitative estimate of drug-likeness (QED) is 0.514. The van der Waals surface area contributed by atoms with Gasteiger partial charge in [0.15, 0.2) is 5.11 Å². The van der Waals surface area contributed by atoms with Crippen LogP contribution < -0.4 is 10.7 Å². The summed E-state index contributed by atoms with van der Waals surface area (Å²) in [6.45, 7) is 0. The van der Waals surface area contributed by atoms with E-state index >= 15 is 0 Å². The third kappa shape index (κ3) is 4.35. The van der Waals surface area contributed by atoms with Crippen molar-refractivity contribution in [2.45, 2.75) is 0 Å². The molecule has 96 valence electrons. The Kier molecular flexibility index (Phi) is 4.89. The van der Waals surface area contributed by atoms with Crippen molar-refractivity contribution >= 4 is 40.8 Å². The van der Waals surface area contributed by atoms with Gasteiger partial charge in [0.05, 0.1) is 6.21 Å². The molecule has 0 fully saturated rings. The number of nitrogens with zero attached hydrogens (tertiary/aromatic N) is 1. The Bertz CT molecular complexity index is 584. The molecule has 0 radical (unpaired) electrons. The summed E-state index contributed by atoms with van der Waals surface area (Å²) in [5, 5.41) is 8.13. The summed E-state index contributed by atoms with van der Waals surface area (Å²) in [5.74, 6) is 0. The minimum Gasteiger partial charge on any atom is -0.331 e. The third-order valence-electron chi connectivity index (χ3n) is 2.31. The first-order chi connectivity index (χ1) is 9.25. The van der Waals surface area contributed by atoms with Gasteiger partial charge < -0.3 is 5.32 Å². The molecular weight excluding hydrogens is 278 g/mol. The maximum absolute atomic E-state index is 6.00. The predicted octanol–water partition coefficient (Wildman–Crippen LogP) is 3.66. The molecule has 2 aromatic rings. The van der Waals surface area contributed by atoms with Gasteiger partial charge >= 0.3 is 0 Å². The maximum Gasteiger partial charge on any atom is 0.191 e. The molecule has 2 rings (SSSR count). The van der Waals surface area contributed by atoms with Crippen LogP contribution in [0.1, 0.15) is 5.56 Å². The molecule has 0 bridgehead atoms. The van der Waals surface area contributed by atoms with E-state index in [0.29, 0.717) is 10.1 Å². The van der Waals surface area contributed by atoms with Crippen molar-refractivity contribution in [3.8, 4) is 0 Å². The first-order valence-electron chi connectivity index (χ1n) is 5.65. The fourth-order valence-electron chi connectivity index (χ4n) is 1.42. The monoisotopic (exact) mass is 289 g/mol. The number of para-hydroxylation sites is 1. The van der Waals surface area contributed by atoms with E-state index < -0.39 is 0 Å². The first-order valence-corrected chi connectivity index (χ1v) is 6.44. The predicted molar refractivity (Wildman–Crippen MR) is 84.8 cm³/mol. The Morgan fingerprint density at radius 3 is 2.47 bits per heavy atom. The molecule has 19 heavy (non-hydrogen) atoms. The molecule has 2 aromatic carbocycles. The van der Waals surface area contributed by atoms with Crippen LogP contribution in [-0.2, 0) is 0 Å². The number of halogens is 1. The molecule has 0 unspecified atom stereocenters. The lowest BCUT2D eigenvalue weighted by atomic mass is 10.2. The fourth-order valence-corrected chi connectivity index (χ4v) is 1.78. The summed E-state index contributed by atoms with van der Waals surface area (Å²) in [5.41, 5.74) is 4.48. The van der Waals surface area contributed by atoms with Crippen LogP contribution in [0.2, 0.25) is 5.02 Å². The second kappa shape index (κ2) is 6.87. The van der Waals surface area contributed by atoms with E-state index in [-0.39, 0.29) is 0 Å². The topological polar surface area (TPSA) is 36.4 Å². The highest BCUT2D eigenvalue weighted by molar-refractivity contribution is 7.80. The van der Waals surface area contributed by atoms with Crippen LogP contribution in [-0.4, -0.2) is 11.3 Å². The molecule has 0 atom stereocenters. The van der Waals surface area contributed by atoms with Crippen LogP contribution in [0, 0.1) is 0 Å². The van der Waals surface area contributed by atoms with Crippen LogP contribution in [0.5, 0.6) is 0 Å². The van der Waals surface area contributed by atoms with E-state index in [1.54, 1.807) is 6.21 Å². The summed E-state index contributed by atoms with van der Waals surface area (Å²) < 4.78 is 0. The van der Waals surface area contributed by atoms with Gasteiger partial charge in [-0.15, -0.1) is 0 Å². The van der Waals surface area contributed by atoms with Gasteiger partial charge in [0.2, 0.25) is 0 Å². The van der Waals surface area contributed by atoms with Crippen LogP contribution in [0.15, 0.2) is 59.7 Å². The summed E-state index contributed by atoms with van der Waals surface area (Å²) in [7, 11) is 0. The van der Waals surface area contributed by atoms with E-state index in [2.05, 4.69) is 15.8 Å². The largest absolute Gasteiger partial charge is 0.331 e. The molecule has 2 N–H and O–H groups in total. The number of anilines is 1. The van der Waals surface area contributed by atoms with Crippen LogP contribution >= 0.6 is 23.8 Å². The van der Waals surface area contributed by atoms with Crippen LogP contribution in [0.3, 0.4) is 0 Å². The molecule has 0 spiro atoms. The Morgan fingerprint density at radius 2 is 1.74 bits per heavy atom. The molecule has 0 heterocycles. The number of hydrogen-bond donors (Lipinski definition) is 2. The number of thiocarbonyl (C=S) groups is 1. The number of hydrazone groups is 1. The lowest BCUT2D eigenvalue weighted by Crippen LogP contribution is -2.23. The zero-order valence-corrected chi connectivity index (χ0v) is 11.6. The van der Waals surface area contributed by atoms with Crippen molar-refractivity contribution in [1.29, 1.82) is 0 Å². The van der Waals surface area contributed by atoms with E-state index in [0.717, 1.165) is 11.3 Å². The lowest BCUT2D eigenvalue weighted by molar-refractivity contribution is 1.05. The average Bonchev–Trinajstić information content (AvgIpc) is 2.42. The zero-order chi connectivity index (χ0) is 13.5. The van der Waals surface area contributed by atoms with E-state index in [4.69, 9.17) is 23.8 Å². The standard InChI is InChI=1S/C14H12ClN3S/c15-13-9-5-4-6-11(13)10-16-18-14(19)17-12-7-2-1-3-8-12/h1-10H,(H2,17,18,19). The highest BCUT2D eigenvalue weighted by atomic mass is 35.5.